The van der Waals surface area contributed by atoms with Gasteiger partial charge in [0.2, 0.25) is 5.76 Å². The van der Waals surface area contributed by atoms with Crippen LogP contribution in [-0.2, 0) is 27.8 Å². The summed E-state index contributed by atoms with van der Waals surface area (Å²) in [5.41, 5.74) is 0.0625. The van der Waals surface area contributed by atoms with E-state index in [1.54, 1.807) is 13.8 Å². The van der Waals surface area contributed by atoms with Crippen LogP contribution in [0.3, 0.4) is 0 Å². The van der Waals surface area contributed by atoms with Crippen molar-refractivity contribution < 1.29 is 37.1 Å². The number of carbonyl (C=O) groups excluding carboxylic acids is 1. The molecule has 23 heavy (non-hydrogen) atoms. The Bertz CT molecular complexity index is 620. The second-order valence-electron chi connectivity index (χ2n) is 4.23. The van der Waals surface area contributed by atoms with Crippen LogP contribution in [0.2, 0.25) is 0 Å². The zero-order chi connectivity index (χ0) is 16.9. The zero-order valence-corrected chi connectivity index (χ0v) is 14.0. The standard InChI is InChI=1S/C13H18NO8P/c1-4-20-23(16,21-5-2)11(13-18-6-7-19-13)9-8-10(22-14-9)12(15)17-3/h8H,4-7H2,1-3H3. The molecule has 0 unspecified atom stereocenters. The first-order chi connectivity index (χ1) is 11.1. The minimum absolute atomic E-state index is 0.0139. The van der Waals surface area contributed by atoms with E-state index in [0.29, 0.717) is 13.2 Å². The first-order valence-corrected chi connectivity index (χ1v) is 8.55. The second kappa shape index (κ2) is 7.63. The Balaban J connectivity index is 2.51. The second-order valence-corrected chi connectivity index (χ2v) is 6.19. The fourth-order valence-electron chi connectivity index (χ4n) is 1.89. The fourth-order valence-corrected chi connectivity index (χ4v) is 3.64. The minimum atomic E-state index is -3.77. The van der Waals surface area contributed by atoms with Gasteiger partial charge in [0.1, 0.15) is 18.9 Å². The Morgan fingerprint density at radius 3 is 2.39 bits per heavy atom. The average molecular weight is 347 g/mol. The molecule has 1 aliphatic rings. The fraction of sp³-hybridized carbons (Fsp3) is 0.538. The van der Waals surface area contributed by atoms with Gasteiger partial charge < -0.3 is 27.8 Å². The Morgan fingerprint density at radius 1 is 1.26 bits per heavy atom. The molecule has 0 aromatic carbocycles. The highest BCUT2D eigenvalue weighted by atomic mass is 31.2. The van der Waals surface area contributed by atoms with Crippen molar-refractivity contribution in [3.63, 3.8) is 0 Å². The highest BCUT2D eigenvalue weighted by Crippen LogP contribution is 2.61. The molecule has 0 amide bonds. The van der Waals surface area contributed by atoms with Crippen molar-refractivity contribution in [3.8, 4) is 0 Å². The number of hydrogen-bond donors (Lipinski definition) is 0. The maximum Gasteiger partial charge on any atom is 0.376 e. The normalized spacial score (nSPS) is 14.3. The Kier molecular flexibility index (Phi) is 5.81. The molecular formula is C13H18NO8P. The molecule has 1 aromatic heterocycles. The van der Waals surface area contributed by atoms with Gasteiger partial charge in [0.05, 0.1) is 20.3 Å². The zero-order valence-electron chi connectivity index (χ0n) is 13.1. The maximum absolute atomic E-state index is 13.1. The third-order valence-electron chi connectivity index (χ3n) is 2.75. The third-order valence-corrected chi connectivity index (χ3v) is 4.91. The monoisotopic (exact) mass is 347 g/mol. The van der Waals surface area contributed by atoms with E-state index in [1.807, 2.05) is 0 Å². The molecule has 1 saturated heterocycles. The quantitative estimate of drug-likeness (QED) is 0.543. The van der Waals surface area contributed by atoms with Gasteiger partial charge in [-0.15, -0.1) is 0 Å². The highest BCUT2D eigenvalue weighted by molar-refractivity contribution is 7.65. The lowest BCUT2D eigenvalue weighted by Gasteiger charge is -2.19. The van der Waals surface area contributed by atoms with Gasteiger partial charge in [-0.3, -0.25) is 4.57 Å². The molecule has 0 aliphatic carbocycles. The molecule has 0 saturated carbocycles. The molecule has 2 rings (SSSR count). The number of nitrogens with zero attached hydrogens (tertiary/aromatic N) is 1. The topological polar surface area (TPSA) is 106 Å². The van der Waals surface area contributed by atoms with E-state index < -0.39 is 13.6 Å². The Labute approximate surface area is 133 Å². The molecule has 0 N–H and O–H groups in total. The van der Waals surface area contributed by atoms with Crippen LogP contribution in [0.4, 0.5) is 0 Å². The van der Waals surface area contributed by atoms with E-state index in [1.165, 1.54) is 13.2 Å². The summed E-state index contributed by atoms with van der Waals surface area (Å²) in [6.45, 7) is 4.20. The van der Waals surface area contributed by atoms with E-state index in [4.69, 9.17) is 23.0 Å². The van der Waals surface area contributed by atoms with Gasteiger partial charge >= 0.3 is 13.6 Å². The van der Waals surface area contributed by atoms with E-state index >= 15 is 0 Å². The lowest BCUT2D eigenvalue weighted by Crippen LogP contribution is -2.03. The van der Waals surface area contributed by atoms with Crippen molar-refractivity contribution in [1.82, 2.24) is 5.16 Å². The Morgan fingerprint density at radius 2 is 1.87 bits per heavy atom. The van der Waals surface area contributed by atoms with Crippen LogP contribution in [0.1, 0.15) is 30.1 Å². The maximum atomic E-state index is 13.1. The summed E-state index contributed by atoms with van der Waals surface area (Å²) in [6, 6.07) is 1.27. The number of methoxy groups -OCH3 is 1. The summed E-state index contributed by atoms with van der Waals surface area (Å²) in [4.78, 5) is 11.5. The van der Waals surface area contributed by atoms with Gasteiger partial charge in [0, 0.05) is 6.07 Å². The average Bonchev–Trinajstić information content (AvgIpc) is 3.19. The third kappa shape index (κ3) is 3.74. The van der Waals surface area contributed by atoms with Crippen molar-refractivity contribution in [1.29, 1.82) is 0 Å². The summed E-state index contributed by atoms with van der Waals surface area (Å²) in [5, 5.41) is 3.72. The molecule has 0 radical (unpaired) electrons. The van der Waals surface area contributed by atoms with Crippen LogP contribution in [0.15, 0.2) is 16.5 Å². The van der Waals surface area contributed by atoms with Gasteiger partial charge in [0.25, 0.3) is 5.95 Å². The minimum Gasteiger partial charge on any atom is -0.463 e. The van der Waals surface area contributed by atoms with Crippen molar-refractivity contribution in [3.05, 3.63) is 23.5 Å². The molecule has 1 fully saturated rings. The number of hydrogen-bond acceptors (Lipinski definition) is 9. The van der Waals surface area contributed by atoms with Crippen LogP contribution in [0.25, 0.3) is 5.31 Å². The van der Waals surface area contributed by atoms with E-state index in [0.717, 1.165) is 0 Å². The molecule has 0 bridgehead atoms. The lowest BCUT2D eigenvalue weighted by molar-refractivity contribution is 0.0554. The molecule has 2 heterocycles. The summed E-state index contributed by atoms with van der Waals surface area (Å²) in [7, 11) is -2.56. The molecule has 1 aromatic rings. The summed E-state index contributed by atoms with van der Waals surface area (Å²) in [6.07, 6.45) is 0. The molecule has 9 nitrogen and oxygen atoms in total. The molecule has 0 atom stereocenters. The van der Waals surface area contributed by atoms with Crippen molar-refractivity contribution >= 4 is 18.9 Å². The lowest BCUT2D eigenvalue weighted by atomic mass is 10.3. The van der Waals surface area contributed by atoms with E-state index in [2.05, 4.69) is 9.89 Å². The molecule has 128 valence electrons. The van der Waals surface area contributed by atoms with Gasteiger partial charge in [-0.25, -0.2) is 4.79 Å². The number of carbonyl (C=O) groups is 1. The first kappa shape index (κ1) is 17.5. The Hall–Kier alpha value is -1.83. The number of esters is 1. The van der Waals surface area contributed by atoms with Crippen LogP contribution in [-0.4, -0.2) is 44.7 Å². The van der Waals surface area contributed by atoms with Crippen LogP contribution < -0.4 is 0 Å². The number of ether oxygens (including phenoxy) is 3. The molecule has 0 spiro atoms. The first-order valence-electron chi connectivity index (χ1n) is 7.00. The molecule has 1 aliphatic heterocycles. The summed E-state index contributed by atoms with van der Waals surface area (Å²) >= 11 is 0. The molecule has 10 heteroatoms. The van der Waals surface area contributed by atoms with Crippen molar-refractivity contribution in [2.75, 3.05) is 33.5 Å². The smallest absolute Gasteiger partial charge is 0.376 e. The van der Waals surface area contributed by atoms with Crippen LogP contribution in [0, 0.1) is 0 Å². The largest absolute Gasteiger partial charge is 0.463 e. The highest BCUT2D eigenvalue weighted by Gasteiger charge is 2.40. The number of rotatable bonds is 7. The van der Waals surface area contributed by atoms with Gasteiger partial charge in [-0.1, -0.05) is 5.16 Å². The van der Waals surface area contributed by atoms with E-state index in [9.17, 15) is 9.36 Å². The van der Waals surface area contributed by atoms with E-state index in [-0.39, 0.29) is 35.9 Å². The summed E-state index contributed by atoms with van der Waals surface area (Å²) < 4.78 is 43.8. The predicted molar refractivity (Wildman–Crippen MR) is 77.5 cm³/mol. The predicted octanol–water partition coefficient (Wildman–Crippen LogP) is 2.40. The van der Waals surface area contributed by atoms with Gasteiger partial charge in [-0.2, -0.15) is 0 Å². The SMILES string of the molecule is CCOP(=O)(OCC)C(=C1OCCO1)c1cc(C(=O)OC)on1. The summed E-state index contributed by atoms with van der Waals surface area (Å²) in [5.74, 6) is -0.887. The van der Waals surface area contributed by atoms with Crippen molar-refractivity contribution in [2.24, 2.45) is 0 Å². The van der Waals surface area contributed by atoms with Crippen LogP contribution >= 0.6 is 7.60 Å². The van der Waals surface area contributed by atoms with Gasteiger partial charge in [-0.05, 0) is 13.8 Å². The number of aromatic nitrogens is 1. The van der Waals surface area contributed by atoms with Crippen LogP contribution in [0.5, 0.6) is 0 Å². The van der Waals surface area contributed by atoms with Gasteiger partial charge in [0.15, 0.2) is 5.31 Å². The molecular weight excluding hydrogens is 329 g/mol. The van der Waals surface area contributed by atoms with Crippen molar-refractivity contribution in [2.45, 2.75) is 13.8 Å².